The van der Waals surface area contributed by atoms with Gasteiger partial charge in [-0.25, -0.2) is 4.99 Å². The molecule has 0 aromatic carbocycles. The molecule has 0 aliphatic carbocycles. The standard InChI is InChI=1S/C5H11NO2.C4H8N2/c1-6(2,3)4-5(7)8;1-6-3-2-5-4-6/h4H2,1-3H3;4H,2-3H2,1H3/p+1. The zero-order valence-electron chi connectivity index (χ0n) is 9.41. The molecule has 5 heteroatoms. The molecule has 1 N–H and O–H groups in total. The molecule has 0 bridgehead atoms. The van der Waals surface area contributed by atoms with Gasteiger partial charge in [0, 0.05) is 0 Å². The first-order chi connectivity index (χ1) is 6.31. The van der Waals surface area contributed by atoms with Gasteiger partial charge in [-0.1, -0.05) is 0 Å². The molecule has 1 atom stereocenters. The molecule has 1 aliphatic heterocycles. The Morgan fingerprint density at radius 2 is 2.14 bits per heavy atom. The topological polar surface area (TPSA) is 56.9 Å². The van der Waals surface area contributed by atoms with E-state index in [4.69, 9.17) is 0 Å². The second kappa shape index (κ2) is 5.72. The second-order valence-electron chi connectivity index (χ2n) is 4.45. The van der Waals surface area contributed by atoms with Crippen molar-refractivity contribution in [2.45, 2.75) is 0 Å². The van der Waals surface area contributed by atoms with Gasteiger partial charge in [-0.05, 0) is 0 Å². The fourth-order valence-corrected chi connectivity index (χ4v) is 0.913. The van der Waals surface area contributed by atoms with Crippen molar-refractivity contribution in [1.82, 2.24) is 0 Å². The summed E-state index contributed by atoms with van der Waals surface area (Å²) < 4.78 is 0.419. The van der Waals surface area contributed by atoms with Gasteiger partial charge >= 0.3 is 0 Å². The fraction of sp³-hybridized carbons (Fsp3) is 0.778. The fourth-order valence-electron chi connectivity index (χ4n) is 0.913. The molecule has 0 saturated heterocycles. The van der Waals surface area contributed by atoms with Crippen LogP contribution < -0.4 is 10.0 Å². The van der Waals surface area contributed by atoms with E-state index in [-0.39, 0.29) is 6.54 Å². The van der Waals surface area contributed by atoms with Gasteiger partial charge in [-0.15, -0.1) is 0 Å². The maximum Gasteiger partial charge on any atom is 0.183 e. The minimum Gasteiger partial charge on any atom is -0.544 e. The molecule has 0 fully saturated rings. The smallest absolute Gasteiger partial charge is 0.183 e. The number of aliphatic imine (C=N–C) groups is 1. The van der Waals surface area contributed by atoms with Crippen LogP contribution in [-0.2, 0) is 4.79 Å². The highest BCUT2D eigenvalue weighted by atomic mass is 16.4. The summed E-state index contributed by atoms with van der Waals surface area (Å²) in [7, 11) is 7.51. The number of nitrogens with one attached hydrogen (secondary N) is 1. The van der Waals surface area contributed by atoms with Crippen LogP contribution >= 0.6 is 0 Å². The predicted octanol–water partition coefficient (Wildman–Crippen LogP) is -3.01. The Balaban J connectivity index is 0.000000249. The van der Waals surface area contributed by atoms with Crippen molar-refractivity contribution in [3.63, 3.8) is 0 Å². The highest BCUT2D eigenvalue weighted by Crippen LogP contribution is 1.84. The quantitative estimate of drug-likeness (QED) is 0.485. The maximum atomic E-state index is 9.89. The minimum atomic E-state index is -1.00. The molecule has 1 aliphatic rings. The molecule has 0 saturated carbocycles. The molecule has 1 heterocycles. The van der Waals surface area contributed by atoms with Crippen molar-refractivity contribution in [2.75, 3.05) is 47.8 Å². The van der Waals surface area contributed by atoms with Gasteiger partial charge in [0.15, 0.2) is 6.34 Å². The summed E-state index contributed by atoms with van der Waals surface area (Å²) in [5.74, 6) is -1.00. The van der Waals surface area contributed by atoms with Crippen molar-refractivity contribution < 1.29 is 19.3 Å². The third-order valence-electron chi connectivity index (χ3n) is 1.55. The Morgan fingerprint density at radius 3 is 2.21 bits per heavy atom. The number of carbonyl (C=O) groups excluding carboxylic acids is 1. The van der Waals surface area contributed by atoms with Crippen molar-refractivity contribution in [1.29, 1.82) is 0 Å². The first kappa shape index (κ1) is 13.1. The van der Waals surface area contributed by atoms with Crippen molar-refractivity contribution in [2.24, 2.45) is 4.99 Å². The number of aliphatic carboxylic acids is 1. The van der Waals surface area contributed by atoms with Gasteiger partial charge in [-0.2, -0.15) is 0 Å². The van der Waals surface area contributed by atoms with Crippen molar-refractivity contribution in [3.05, 3.63) is 0 Å². The lowest BCUT2D eigenvalue weighted by molar-refractivity contribution is -0.864. The Morgan fingerprint density at radius 1 is 1.57 bits per heavy atom. The van der Waals surface area contributed by atoms with E-state index >= 15 is 0 Å². The van der Waals surface area contributed by atoms with Gasteiger partial charge in [0.1, 0.15) is 13.1 Å². The first-order valence-electron chi connectivity index (χ1n) is 4.64. The molecule has 14 heavy (non-hydrogen) atoms. The van der Waals surface area contributed by atoms with Crippen LogP contribution in [0.3, 0.4) is 0 Å². The number of nitrogens with zero attached hydrogens (tertiary/aromatic N) is 2. The summed E-state index contributed by atoms with van der Waals surface area (Å²) in [6.07, 6.45) is 1.94. The van der Waals surface area contributed by atoms with Crippen LogP contribution in [0, 0.1) is 0 Å². The van der Waals surface area contributed by atoms with E-state index in [0.717, 1.165) is 6.54 Å². The largest absolute Gasteiger partial charge is 0.544 e. The van der Waals surface area contributed by atoms with E-state index in [9.17, 15) is 9.90 Å². The molecule has 0 aromatic heterocycles. The van der Waals surface area contributed by atoms with E-state index in [1.165, 1.54) is 11.4 Å². The number of hydrogen-bond donors (Lipinski definition) is 1. The van der Waals surface area contributed by atoms with Crippen LogP contribution in [-0.4, -0.2) is 64.6 Å². The number of carboxylic acids is 1. The van der Waals surface area contributed by atoms with Gasteiger partial charge in [0.05, 0.1) is 40.7 Å². The first-order valence-corrected chi connectivity index (χ1v) is 4.64. The SMILES string of the molecule is C[N+](C)(C)CC(=O)[O-].C[NH+]1C=NCC1. The zero-order valence-corrected chi connectivity index (χ0v) is 9.41. The summed E-state index contributed by atoms with van der Waals surface area (Å²) in [5, 5.41) is 9.89. The summed E-state index contributed by atoms with van der Waals surface area (Å²) in [4.78, 5) is 15.3. The van der Waals surface area contributed by atoms with Crippen LogP contribution in [0.15, 0.2) is 4.99 Å². The predicted molar refractivity (Wildman–Crippen MR) is 53.0 cm³/mol. The number of carboxylic acid groups (broad SMARTS) is 1. The maximum absolute atomic E-state index is 9.89. The number of quaternary nitrogens is 2. The van der Waals surface area contributed by atoms with E-state index in [1.807, 2.05) is 6.34 Å². The lowest BCUT2D eigenvalue weighted by Gasteiger charge is -2.23. The van der Waals surface area contributed by atoms with Crippen LogP contribution in [0.1, 0.15) is 0 Å². The Kier molecular flexibility index (Phi) is 5.34. The monoisotopic (exact) mass is 202 g/mol. The molecule has 5 nitrogen and oxygen atoms in total. The van der Waals surface area contributed by atoms with Gasteiger partial charge in [0.25, 0.3) is 0 Å². The summed E-state index contributed by atoms with van der Waals surface area (Å²) >= 11 is 0. The number of rotatable bonds is 2. The number of likely N-dealkylation sites (N-methyl/N-ethyl adjacent to an activating group) is 2. The summed E-state index contributed by atoms with van der Waals surface area (Å²) in [5.41, 5.74) is 0. The molecule has 0 radical (unpaired) electrons. The van der Waals surface area contributed by atoms with Gasteiger partial charge in [0.2, 0.25) is 0 Å². The molecule has 0 amide bonds. The molecule has 0 aromatic rings. The van der Waals surface area contributed by atoms with E-state index in [1.54, 1.807) is 21.1 Å². The summed E-state index contributed by atoms with van der Waals surface area (Å²) in [6, 6.07) is 0. The number of hydrogen-bond acceptors (Lipinski definition) is 3. The molecule has 1 unspecified atom stereocenters. The molecule has 1 rings (SSSR count). The van der Waals surface area contributed by atoms with Crippen LogP contribution in [0.2, 0.25) is 0 Å². The molecule has 82 valence electrons. The minimum absolute atomic E-state index is 0.0694. The normalized spacial score (nSPS) is 20.1. The Bertz CT molecular complexity index is 209. The third kappa shape index (κ3) is 9.15. The highest BCUT2D eigenvalue weighted by Gasteiger charge is 2.04. The Hall–Kier alpha value is -0.940. The van der Waals surface area contributed by atoms with E-state index in [0.29, 0.717) is 4.48 Å². The van der Waals surface area contributed by atoms with E-state index in [2.05, 4.69) is 12.0 Å². The van der Waals surface area contributed by atoms with Gasteiger partial charge < -0.3 is 14.4 Å². The van der Waals surface area contributed by atoms with Crippen LogP contribution in [0.5, 0.6) is 0 Å². The Labute approximate surface area is 85.2 Å². The molecular weight excluding hydrogens is 182 g/mol. The molecular formula is C9H20N3O2+. The number of carbonyl (C=O) groups is 1. The average Bonchev–Trinajstić information content (AvgIpc) is 2.34. The third-order valence-corrected chi connectivity index (χ3v) is 1.55. The van der Waals surface area contributed by atoms with Crippen LogP contribution in [0.25, 0.3) is 0 Å². The van der Waals surface area contributed by atoms with E-state index < -0.39 is 5.97 Å². The zero-order chi connectivity index (χ0) is 11.2. The second-order valence-corrected chi connectivity index (χ2v) is 4.45. The van der Waals surface area contributed by atoms with Crippen molar-refractivity contribution >= 4 is 12.3 Å². The van der Waals surface area contributed by atoms with Crippen LogP contribution in [0.4, 0.5) is 0 Å². The van der Waals surface area contributed by atoms with Gasteiger partial charge in [-0.3, -0.25) is 4.90 Å². The lowest BCUT2D eigenvalue weighted by Crippen LogP contribution is -3.06. The average molecular weight is 202 g/mol. The molecule has 0 spiro atoms. The summed E-state index contributed by atoms with van der Waals surface area (Å²) in [6.45, 7) is 2.27. The van der Waals surface area contributed by atoms with Crippen molar-refractivity contribution in [3.8, 4) is 0 Å². The lowest BCUT2D eigenvalue weighted by atomic mass is 10.5. The highest BCUT2D eigenvalue weighted by molar-refractivity contribution is 5.65.